The molecule has 6 nitrogen and oxygen atoms in total. The standard InChI is InChI=1S/C16H12ClF2N3O3S/c17-10-8-9(3-4-11(10)24-16(18)19)20-13(23)5-6-14-21-15(22-25-14)12-2-1-7-26-12/h1-4,7-8,16H,5-6H2,(H,20,23). The van der Waals surface area contributed by atoms with E-state index in [9.17, 15) is 13.6 Å². The first-order valence-corrected chi connectivity index (χ1v) is 8.67. The molecule has 136 valence electrons. The van der Waals surface area contributed by atoms with Crippen LogP contribution in [0, 0.1) is 0 Å². The van der Waals surface area contributed by atoms with Crippen LogP contribution in [0.1, 0.15) is 12.3 Å². The van der Waals surface area contributed by atoms with Gasteiger partial charge in [0.15, 0.2) is 0 Å². The van der Waals surface area contributed by atoms with E-state index in [2.05, 4.69) is 20.2 Å². The first-order chi connectivity index (χ1) is 12.5. The number of hydrogen-bond donors (Lipinski definition) is 1. The number of thiophene rings is 1. The van der Waals surface area contributed by atoms with E-state index in [1.807, 2.05) is 17.5 Å². The Morgan fingerprint density at radius 2 is 2.23 bits per heavy atom. The summed E-state index contributed by atoms with van der Waals surface area (Å²) in [6.45, 7) is -2.97. The molecule has 0 bridgehead atoms. The van der Waals surface area contributed by atoms with Gasteiger partial charge in [-0.2, -0.15) is 13.8 Å². The van der Waals surface area contributed by atoms with Crippen molar-refractivity contribution in [3.8, 4) is 16.5 Å². The van der Waals surface area contributed by atoms with E-state index in [1.54, 1.807) is 0 Å². The highest BCUT2D eigenvalue weighted by atomic mass is 35.5. The minimum absolute atomic E-state index is 0.0272. The monoisotopic (exact) mass is 399 g/mol. The zero-order valence-electron chi connectivity index (χ0n) is 13.1. The molecular weight excluding hydrogens is 388 g/mol. The topological polar surface area (TPSA) is 77.2 Å². The molecule has 0 aliphatic rings. The maximum atomic E-state index is 12.2. The van der Waals surface area contributed by atoms with Crippen LogP contribution in [0.5, 0.6) is 5.75 Å². The minimum Gasteiger partial charge on any atom is -0.433 e. The van der Waals surface area contributed by atoms with Crippen LogP contribution in [-0.4, -0.2) is 22.7 Å². The lowest BCUT2D eigenvalue weighted by atomic mass is 10.2. The molecule has 26 heavy (non-hydrogen) atoms. The van der Waals surface area contributed by atoms with Crippen molar-refractivity contribution in [3.05, 3.63) is 46.6 Å². The third kappa shape index (κ3) is 4.77. The summed E-state index contributed by atoms with van der Waals surface area (Å²) < 4.78 is 33.7. The van der Waals surface area contributed by atoms with Crippen LogP contribution in [0.3, 0.4) is 0 Å². The van der Waals surface area contributed by atoms with Crippen molar-refractivity contribution >= 4 is 34.5 Å². The Kier molecular flexibility index (Phi) is 5.79. The van der Waals surface area contributed by atoms with E-state index < -0.39 is 6.61 Å². The van der Waals surface area contributed by atoms with Crippen LogP contribution < -0.4 is 10.1 Å². The zero-order valence-corrected chi connectivity index (χ0v) is 14.7. The third-order valence-electron chi connectivity index (χ3n) is 3.21. The van der Waals surface area contributed by atoms with Gasteiger partial charge in [0.05, 0.1) is 9.90 Å². The Hall–Kier alpha value is -2.52. The molecule has 0 radical (unpaired) electrons. The predicted molar refractivity (Wildman–Crippen MR) is 92.6 cm³/mol. The minimum atomic E-state index is -2.97. The molecule has 0 aliphatic carbocycles. The van der Waals surface area contributed by atoms with Gasteiger partial charge in [-0.15, -0.1) is 11.3 Å². The van der Waals surface area contributed by atoms with E-state index in [0.29, 0.717) is 17.4 Å². The Morgan fingerprint density at radius 3 is 2.92 bits per heavy atom. The summed E-state index contributed by atoms with van der Waals surface area (Å²) in [5, 5.41) is 8.36. The second-order valence-electron chi connectivity index (χ2n) is 5.06. The van der Waals surface area contributed by atoms with Crippen molar-refractivity contribution in [2.24, 2.45) is 0 Å². The number of aryl methyl sites for hydroxylation is 1. The number of benzene rings is 1. The summed E-state index contributed by atoms with van der Waals surface area (Å²) in [5.74, 6) is 0.366. The third-order valence-corrected chi connectivity index (χ3v) is 4.37. The Morgan fingerprint density at radius 1 is 1.38 bits per heavy atom. The molecule has 0 atom stereocenters. The van der Waals surface area contributed by atoms with Crippen molar-refractivity contribution in [2.45, 2.75) is 19.5 Å². The van der Waals surface area contributed by atoms with Crippen LogP contribution in [0.15, 0.2) is 40.2 Å². The average Bonchev–Trinajstić information content (AvgIpc) is 3.26. The summed E-state index contributed by atoms with van der Waals surface area (Å²) >= 11 is 7.33. The van der Waals surface area contributed by atoms with Gasteiger partial charge in [-0.05, 0) is 29.6 Å². The molecular formula is C16H12ClF2N3O3S. The lowest BCUT2D eigenvalue weighted by Gasteiger charge is -2.09. The van der Waals surface area contributed by atoms with E-state index in [-0.39, 0.29) is 29.5 Å². The first-order valence-electron chi connectivity index (χ1n) is 7.42. The number of hydrogen-bond acceptors (Lipinski definition) is 6. The highest BCUT2D eigenvalue weighted by molar-refractivity contribution is 7.13. The number of rotatable bonds is 7. The van der Waals surface area contributed by atoms with Gasteiger partial charge >= 0.3 is 6.61 Å². The average molecular weight is 400 g/mol. The SMILES string of the molecule is O=C(CCc1nc(-c2cccs2)no1)Nc1ccc(OC(F)F)c(Cl)c1. The summed E-state index contributed by atoms with van der Waals surface area (Å²) in [6, 6.07) is 7.76. The van der Waals surface area contributed by atoms with E-state index >= 15 is 0 Å². The lowest BCUT2D eigenvalue weighted by molar-refractivity contribution is -0.116. The fourth-order valence-electron chi connectivity index (χ4n) is 2.08. The van der Waals surface area contributed by atoms with Crippen molar-refractivity contribution in [2.75, 3.05) is 5.32 Å². The molecule has 0 aliphatic heterocycles. The molecule has 0 fully saturated rings. The molecule has 0 saturated carbocycles. The quantitative estimate of drug-likeness (QED) is 0.627. The Labute approximate surface area is 155 Å². The zero-order chi connectivity index (χ0) is 18.5. The second kappa shape index (κ2) is 8.24. The molecule has 3 rings (SSSR count). The van der Waals surface area contributed by atoms with Gasteiger partial charge in [0.25, 0.3) is 0 Å². The fraction of sp³-hybridized carbons (Fsp3) is 0.188. The molecule has 2 aromatic heterocycles. The molecule has 1 amide bonds. The summed E-state index contributed by atoms with van der Waals surface area (Å²) in [6.07, 6.45) is 0.378. The van der Waals surface area contributed by atoms with Crippen molar-refractivity contribution < 1.29 is 22.8 Å². The van der Waals surface area contributed by atoms with E-state index in [0.717, 1.165) is 4.88 Å². The van der Waals surface area contributed by atoms with Crippen molar-refractivity contribution in [1.29, 1.82) is 0 Å². The Bertz CT molecular complexity index is 887. The van der Waals surface area contributed by atoms with E-state index in [1.165, 1.54) is 29.5 Å². The molecule has 3 aromatic rings. The van der Waals surface area contributed by atoms with Crippen molar-refractivity contribution in [1.82, 2.24) is 10.1 Å². The highest BCUT2D eigenvalue weighted by Gasteiger charge is 2.13. The number of nitrogens with zero attached hydrogens (tertiary/aromatic N) is 2. The van der Waals surface area contributed by atoms with Crippen LogP contribution in [-0.2, 0) is 11.2 Å². The molecule has 0 spiro atoms. The summed E-state index contributed by atoms with van der Waals surface area (Å²) in [7, 11) is 0. The number of amides is 1. The lowest BCUT2D eigenvalue weighted by Crippen LogP contribution is -2.12. The maximum absolute atomic E-state index is 12.2. The normalized spacial score (nSPS) is 10.9. The number of halogens is 3. The van der Waals surface area contributed by atoms with Crippen LogP contribution in [0.2, 0.25) is 5.02 Å². The number of ether oxygens (including phenoxy) is 1. The van der Waals surface area contributed by atoms with Gasteiger partial charge in [-0.3, -0.25) is 4.79 Å². The molecule has 0 saturated heterocycles. The Balaban J connectivity index is 1.53. The molecule has 0 unspecified atom stereocenters. The molecule has 1 N–H and O–H groups in total. The van der Waals surface area contributed by atoms with Gasteiger partial charge in [-0.1, -0.05) is 22.8 Å². The van der Waals surface area contributed by atoms with Gasteiger partial charge in [-0.25, -0.2) is 0 Å². The number of nitrogens with one attached hydrogen (secondary N) is 1. The van der Waals surface area contributed by atoms with E-state index in [4.69, 9.17) is 16.1 Å². The van der Waals surface area contributed by atoms with Crippen LogP contribution >= 0.6 is 22.9 Å². The van der Waals surface area contributed by atoms with Crippen molar-refractivity contribution in [3.63, 3.8) is 0 Å². The highest BCUT2D eigenvalue weighted by Crippen LogP contribution is 2.29. The van der Waals surface area contributed by atoms with Gasteiger partial charge in [0.2, 0.25) is 17.6 Å². The molecule has 2 heterocycles. The fourth-order valence-corrected chi connectivity index (χ4v) is 2.95. The molecule has 1 aromatic carbocycles. The number of carbonyl (C=O) groups excluding carboxylic acids is 1. The smallest absolute Gasteiger partial charge is 0.387 e. The number of anilines is 1. The maximum Gasteiger partial charge on any atom is 0.387 e. The van der Waals surface area contributed by atoms with Crippen LogP contribution in [0.4, 0.5) is 14.5 Å². The van der Waals surface area contributed by atoms with Gasteiger partial charge < -0.3 is 14.6 Å². The van der Waals surface area contributed by atoms with Gasteiger partial charge in [0, 0.05) is 18.5 Å². The van der Waals surface area contributed by atoms with Gasteiger partial charge in [0.1, 0.15) is 5.75 Å². The second-order valence-corrected chi connectivity index (χ2v) is 6.42. The molecule has 10 heteroatoms. The number of aromatic nitrogens is 2. The largest absolute Gasteiger partial charge is 0.433 e. The predicted octanol–water partition coefficient (Wildman–Crippen LogP) is 4.62. The van der Waals surface area contributed by atoms with Crippen LogP contribution in [0.25, 0.3) is 10.7 Å². The number of alkyl halides is 2. The summed E-state index contributed by atoms with van der Waals surface area (Å²) in [4.78, 5) is 17.1. The first kappa shape index (κ1) is 18.3. The number of carbonyl (C=O) groups is 1. The summed E-state index contributed by atoms with van der Waals surface area (Å²) in [5.41, 5.74) is 0.367.